The summed E-state index contributed by atoms with van der Waals surface area (Å²) in [6.07, 6.45) is 13.2. The molecule has 1 aromatic carbocycles. The normalized spacial score (nSPS) is 15.6. The van der Waals surface area contributed by atoms with Crippen LogP contribution in [0.25, 0.3) is 0 Å². The Morgan fingerprint density at radius 3 is 2.70 bits per heavy atom. The van der Waals surface area contributed by atoms with Crippen molar-refractivity contribution in [3.8, 4) is 5.75 Å². The average Bonchev–Trinajstić information content (AvgIpc) is 3.08. The zero-order valence-electron chi connectivity index (χ0n) is 16.1. The van der Waals surface area contributed by atoms with Crippen molar-refractivity contribution >= 4 is 5.84 Å². The fourth-order valence-electron chi connectivity index (χ4n) is 3.25. The molecule has 0 bridgehead atoms. The topological polar surface area (TPSA) is 42.6 Å². The van der Waals surface area contributed by atoms with E-state index in [0.29, 0.717) is 23.8 Å². The Kier molecular flexibility index (Phi) is 7.25. The molecule has 0 spiro atoms. The Balaban J connectivity index is 1.92. The van der Waals surface area contributed by atoms with E-state index in [9.17, 15) is 4.39 Å². The fraction of sp³-hybridized carbons (Fsp3) is 0.524. The summed E-state index contributed by atoms with van der Waals surface area (Å²) in [6.45, 7) is 4.61. The minimum atomic E-state index is -0.297. The number of hydrazone groups is 1. The molecule has 0 radical (unpaired) electrons. The molecule has 0 amide bonds. The maximum atomic E-state index is 14.1. The second-order valence-electron chi connectivity index (χ2n) is 6.96. The molecule has 5 nitrogen and oxygen atoms in total. The van der Waals surface area contributed by atoms with Gasteiger partial charge >= 0.3 is 0 Å². The summed E-state index contributed by atoms with van der Waals surface area (Å²) in [7, 11) is 0. The molecule has 3 rings (SSSR count). The number of unbranched alkanes of at least 4 members (excludes halogenated alkanes) is 2. The van der Waals surface area contributed by atoms with Gasteiger partial charge in [0.1, 0.15) is 17.9 Å². The molecule has 0 N–H and O–H groups in total. The van der Waals surface area contributed by atoms with Gasteiger partial charge in [-0.3, -0.25) is 9.58 Å². The van der Waals surface area contributed by atoms with E-state index in [0.717, 1.165) is 45.2 Å². The number of ether oxygens (including phenoxy) is 1. The second-order valence-corrected chi connectivity index (χ2v) is 6.96. The van der Waals surface area contributed by atoms with Crippen LogP contribution in [0.1, 0.15) is 57.4 Å². The third kappa shape index (κ3) is 5.55. The van der Waals surface area contributed by atoms with Crippen molar-refractivity contribution in [1.82, 2.24) is 14.6 Å². The smallest absolute Gasteiger partial charge is 0.169 e. The molecule has 0 unspecified atom stereocenters. The number of aromatic nitrogens is 2. The van der Waals surface area contributed by atoms with Crippen molar-refractivity contribution in [2.45, 2.75) is 51.9 Å². The fourth-order valence-corrected chi connectivity index (χ4v) is 3.25. The highest BCUT2D eigenvalue weighted by Gasteiger charge is 2.17. The number of imidazole rings is 1. The summed E-state index contributed by atoms with van der Waals surface area (Å²) >= 11 is 0. The van der Waals surface area contributed by atoms with Gasteiger partial charge in [0.15, 0.2) is 5.84 Å². The molecule has 1 aliphatic heterocycles. The van der Waals surface area contributed by atoms with Crippen LogP contribution in [-0.4, -0.2) is 40.1 Å². The van der Waals surface area contributed by atoms with E-state index < -0.39 is 0 Å². The monoisotopic (exact) mass is 372 g/mol. The Hall–Kier alpha value is -2.37. The summed E-state index contributed by atoms with van der Waals surface area (Å²) in [4.78, 5) is 4.15. The van der Waals surface area contributed by atoms with E-state index in [1.165, 1.54) is 25.0 Å². The number of hydrogen-bond donors (Lipinski definition) is 0. The van der Waals surface area contributed by atoms with Crippen molar-refractivity contribution in [2.75, 3.05) is 19.7 Å². The van der Waals surface area contributed by atoms with Gasteiger partial charge in [-0.2, -0.15) is 5.10 Å². The van der Waals surface area contributed by atoms with E-state index in [4.69, 9.17) is 9.84 Å². The Morgan fingerprint density at radius 2 is 2.00 bits per heavy atom. The van der Waals surface area contributed by atoms with Crippen LogP contribution in [0.5, 0.6) is 5.75 Å². The van der Waals surface area contributed by atoms with Crippen LogP contribution in [0.4, 0.5) is 4.39 Å². The van der Waals surface area contributed by atoms with Crippen molar-refractivity contribution < 1.29 is 9.13 Å². The molecule has 2 aromatic rings. The van der Waals surface area contributed by atoms with Crippen molar-refractivity contribution in [2.24, 2.45) is 5.10 Å². The molecule has 1 aromatic heterocycles. The van der Waals surface area contributed by atoms with E-state index in [-0.39, 0.29) is 5.82 Å². The number of rotatable bonds is 7. The van der Waals surface area contributed by atoms with Gasteiger partial charge in [0.05, 0.1) is 12.2 Å². The molecular formula is C21H29FN4O. The third-order valence-corrected chi connectivity index (χ3v) is 4.76. The third-order valence-electron chi connectivity index (χ3n) is 4.76. The molecule has 0 aliphatic carbocycles. The van der Waals surface area contributed by atoms with Crippen molar-refractivity contribution in [1.29, 1.82) is 0 Å². The van der Waals surface area contributed by atoms with Crippen LogP contribution in [0.2, 0.25) is 0 Å². The standard InChI is InChI=1S/C21H29FN4O/c1-2-3-8-15-27-20-10-9-18(22)16-19(20)21(25-14-11-23-17-25)24-26-12-6-4-5-7-13-26/h9-11,14,16-17H,2-8,12-13,15H2,1H3. The highest BCUT2D eigenvalue weighted by Crippen LogP contribution is 2.23. The molecule has 0 atom stereocenters. The van der Waals surface area contributed by atoms with E-state index >= 15 is 0 Å². The van der Waals surface area contributed by atoms with Gasteiger partial charge in [-0.15, -0.1) is 0 Å². The highest BCUT2D eigenvalue weighted by molar-refractivity contribution is 6.02. The van der Waals surface area contributed by atoms with Gasteiger partial charge in [-0.05, 0) is 37.5 Å². The van der Waals surface area contributed by atoms with Crippen LogP contribution >= 0.6 is 0 Å². The summed E-state index contributed by atoms with van der Waals surface area (Å²) < 4.78 is 21.9. The largest absolute Gasteiger partial charge is 0.493 e. The second kappa shape index (κ2) is 10.1. The van der Waals surface area contributed by atoms with Crippen molar-refractivity contribution in [3.05, 3.63) is 48.3 Å². The minimum absolute atomic E-state index is 0.297. The number of hydrogen-bond acceptors (Lipinski definition) is 4. The predicted octanol–water partition coefficient (Wildman–Crippen LogP) is 4.68. The first-order chi connectivity index (χ1) is 13.3. The Bertz CT molecular complexity index is 722. The molecule has 6 heteroatoms. The van der Waals surface area contributed by atoms with Gasteiger partial charge in [0.2, 0.25) is 0 Å². The lowest BCUT2D eigenvalue weighted by Gasteiger charge is -2.20. The first kappa shape index (κ1) is 19.4. The predicted molar refractivity (Wildman–Crippen MR) is 106 cm³/mol. The molecule has 1 fully saturated rings. The number of nitrogens with zero attached hydrogens (tertiary/aromatic N) is 4. The van der Waals surface area contributed by atoms with E-state index in [1.54, 1.807) is 18.6 Å². The average molecular weight is 372 g/mol. The zero-order valence-corrected chi connectivity index (χ0v) is 16.1. The Morgan fingerprint density at radius 1 is 1.19 bits per heavy atom. The lowest BCUT2D eigenvalue weighted by molar-refractivity contribution is 0.297. The minimum Gasteiger partial charge on any atom is -0.493 e. The van der Waals surface area contributed by atoms with Gasteiger partial charge in [0.25, 0.3) is 0 Å². The van der Waals surface area contributed by atoms with Gasteiger partial charge in [-0.25, -0.2) is 9.37 Å². The van der Waals surface area contributed by atoms with Gasteiger partial charge in [-0.1, -0.05) is 32.6 Å². The highest BCUT2D eigenvalue weighted by atomic mass is 19.1. The molecule has 1 aliphatic rings. The Labute approximate surface area is 160 Å². The van der Waals surface area contributed by atoms with E-state index in [2.05, 4.69) is 16.9 Å². The van der Waals surface area contributed by atoms with Gasteiger partial charge in [0, 0.05) is 25.5 Å². The molecule has 2 heterocycles. The summed E-state index contributed by atoms with van der Waals surface area (Å²) in [6, 6.07) is 4.65. The first-order valence-electron chi connectivity index (χ1n) is 10.0. The number of benzene rings is 1. The summed E-state index contributed by atoms with van der Waals surface area (Å²) in [5.74, 6) is 1.02. The van der Waals surface area contributed by atoms with Crippen LogP contribution in [-0.2, 0) is 0 Å². The molecular weight excluding hydrogens is 343 g/mol. The van der Waals surface area contributed by atoms with E-state index in [1.807, 2.05) is 10.8 Å². The van der Waals surface area contributed by atoms with Gasteiger partial charge < -0.3 is 4.74 Å². The number of halogens is 1. The van der Waals surface area contributed by atoms with Crippen LogP contribution in [0.3, 0.4) is 0 Å². The molecule has 1 saturated heterocycles. The molecule has 146 valence electrons. The van der Waals surface area contributed by atoms with Crippen molar-refractivity contribution in [3.63, 3.8) is 0 Å². The maximum Gasteiger partial charge on any atom is 0.169 e. The van der Waals surface area contributed by atoms with Crippen LogP contribution in [0.15, 0.2) is 42.0 Å². The lowest BCUT2D eigenvalue weighted by Crippen LogP contribution is -2.24. The summed E-state index contributed by atoms with van der Waals surface area (Å²) in [5.41, 5.74) is 0.661. The van der Waals surface area contributed by atoms with Crippen LogP contribution < -0.4 is 4.74 Å². The first-order valence-corrected chi connectivity index (χ1v) is 10.0. The van der Waals surface area contributed by atoms with Crippen LogP contribution in [0, 0.1) is 5.82 Å². The SMILES string of the molecule is CCCCCOc1ccc(F)cc1C(=NN1CCCCCC1)n1ccnc1. The molecule has 0 saturated carbocycles. The maximum absolute atomic E-state index is 14.1. The zero-order chi connectivity index (χ0) is 18.9. The molecule has 27 heavy (non-hydrogen) atoms. The lowest BCUT2D eigenvalue weighted by atomic mass is 10.1. The summed E-state index contributed by atoms with van der Waals surface area (Å²) in [5, 5.41) is 6.97. The quantitative estimate of drug-likeness (QED) is 0.403.